The molecule has 33 heavy (non-hydrogen) atoms. The van der Waals surface area contributed by atoms with Crippen LogP contribution in [0, 0.1) is 17.8 Å². The number of nitrogens with two attached hydrogens (primary N) is 2. The molecule has 2 aliphatic heterocycles. The Labute approximate surface area is 190 Å². The van der Waals surface area contributed by atoms with Crippen molar-refractivity contribution in [2.24, 2.45) is 29.2 Å². The third-order valence-electron chi connectivity index (χ3n) is 6.70. The highest BCUT2D eigenvalue weighted by Crippen LogP contribution is 2.35. The fraction of sp³-hybridized carbons (Fsp3) is 0.522. The highest BCUT2D eigenvalue weighted by atomic mass is 19.4. The van der Waals surface area contributed by atoms with Crippen LogP contribution in [-0.2, 0) is 4.79 Å². The number of carbonyl (C=O) groups is 1. The van der Waals surface area contributed by atoms with Crippen LogP contribution in [0.1, 0.15) is 19.3 Å². The van der Waals surface area contributed by atoms with E-state index >= 15 is 0 Å². The first-order valence-electron chi connectivity index (χ1n) is 11.0. The Kier molecular flexibility index (Phi) is 6.36. The van der Waals surface area contributed by atoms with E-state index in [4.69, 9.17) is 16.2 Å². The summed E-state index contributed by atoms with van der Waals surface area (Å²) in [5.74, 6) is 0.992. The maximum absolute atomic E-state index is 12.9. The van der Waals surface area contributed by atoms with Crippen molar-refractivity contribution in [3.05, 3.63) is 47.9 Å². The first-order valence-corrected chi connectivity index (χ1v) is 11.0. The minimum Gasteiger partial charge on any atom is -0.487 e. The molecule has 3 aliphatic rings. The van der Waals surface area contributed by atoms with Gasteiger partial charge >= 0.3 is 6.36 Å². The zero-order valence-electron chi connectivity index (χ0n) is 18.3. The third kappa shape index (κ3) is 5.48. The van der Waals surface area contributed by atoms with Crippen molar-refractivity contribution in [1.82, 2.24) is 9.80 Å². The number of nitrogens with zero attached hydrogens (tertiary/aromatic N) is 2. The molecule has 180 valence electrons. The molecule has 0 radical (unpaired) electrons. The number of benzene rings is 1. The smallest absolute Gasteiger partial charge is 0.487 e. The van der Waals surface area contributed by atoms with Gasteiger partial charge < -0.3 is 30.7 Å². The van der Waals surface area contributed by atoms with Gasteiger partial charge in [0.25, 0.3) is 0 Å². The van der Waals surface area contributed by atoms with Gasteiger partial charge in [0, 0.05) is 67.4 Å². The lowest BCUT2D eigenvalue weighted by molar-refractivity contribution is -0.274. The summed E-state index contributed by atoms with van der Waals surface area (Å²) in [5.41, 5.74) is 14.0. The van der Waals surface area contributed by atoms with E-state index in [1.165, 1.54) is 24.3 Å². The van der Waals surface area contributed by atoms with Crippen LogP contribution in [0.4, 0.5) is 13.2 Å². The van der Waals surface area contributed by atoms with Crippen LogP contribution in [0.5, 0.6) is 11.5 Å². The molecule has 1 aliphatic carbocycles. The Morgan fingerprint density at radius 2 is 1.58 bits per heavy atom. The molecule has 4 N–H and O–H groups in total. The minimum atomic E-state index is -4.72. The zero-order valence-corrected chi connectivity index (χ0v) is 18.3. The number of hydrogen-bond donors (Lipinski definition) is 2. The molecule has 0 aromatic heterocycles. The topological polar surface area (TPSA) is 94.0 Å². The predicted octanol–water partition coefficient (Wildman–Crippen LogP) is 2.80. The SMILES string of the molecule is C=C(COc1ccc(OC(F)(F)F)cc1)N1CC2CN(C(=O)[C@@H]3CCC(N)=C(N)C3)CC2C1. The maximum atomic E-state index is 12.9. The molecule has 0 bridgehead atoms. The lowest BCUT2D eigenvalue weighted by atomic mass is 9.89. The molecular weight excluding hydrogens is 437 g/mol. The average Bonchev–Trinajstić information content (AvgIpc) is 3.33. The summed E-state index contributed by atoms with van der Waals surface area (Å²) in [5, 5.41) is 0. The Balaban J connectivity index is 1.23. The number of hydrogen-bond acceptors (Lipinski definition) is 6. The molecular formula is C23H29F3N4O3. The number of fused-ring (bicyclic) bond motifs is 1. The molecule has 1 amide bonds. The van der Waals surface area contributed by atoms with Gasteiger partial charge in [-0.05, 0) is 37.1 Å². The summed E-state index contributed by atoms with van der Waals surface area (Å²) >= 11 is 0. The van der Waals surface area contributed by atoms with Crippen LogP contribution in [0.15, 0.2) is 47.9 Å². The molecule has 2 heterocycles. The van der Waals surface area contributed by atoms with E-state index in [0.29, 0.717) is 41.8 Å². The Morgan fingerprint density at radius 1 is 1.00 bits per heavy atom. The number of amides is 1. The van der Waals surface area contributed by atoms with Gasteiger partial charge in [0.2, 0.25) is 5.91 Å². The van der Waals surface area contributed by atoms with Crippen LogP contribution in [-0.4, -0.2) is 54.9 Å². The molecule has 3 atom stereocenters. The maximum Gasteiger partial charge on any atom is 0.573 e. The first kappa shape index (κ1) is 23.1. The Hall–Kier alpha value is -3.04. The molecule has 2 fully saturated rings. The summed E-state index contributed by atoms with van der Waals surface area (Å²) in [4.78, 5) is 17.1. The normalized spacial score (nSPS) is 25.2. The molecule has 0 saturated carbocycles. The van der Waals surface area contributed by atoms with Crippen molar-refractivity contribution in [2.45, 2.75) is 25.6 Å². The standard InChI is InChI=1S/C23H29F3N4O3/c1-14(13-32-18-3-5-19(6-4-18)33-23(24,25)26)29-9-16-11-30(12-17(16)10-29)22(31)15-2-7-20(27)21(28)8-15/h3-6,15-17H,1-2,7-13,27-28H2/t15-,16?,17?/m1/s1. The number of likely N-dealkylation sites (tertiary alicyclic amines) is 2. The molecule has 2 saturated heterocycles. The zero-order chi connectivity index (χ0) is 23.8. The van der Waals surface area contributed by atoms with Crippen molar-refractivity contribution in [3.8, 4) is 11.5 Å². The van der Waals surface area contributed by atoms with Crippen LogP contribution in [0.2, 0.25) is 0 Å². The second kappa shape index (κ2) is 9.07. The lowest BCUT2D eigenvalue weighted by Gasteiger charge is -2.29. The fourth-order valence-electron chi connectivity index (χ4n) is 4.88. The van der Waals surface area contributed by atoms with Crippen LogP contribution in [0.25, 0.3) is 0 Å². The number of allylic oxidation sites excluding steroid dienone is 2. The number of carbonyl (C=O) groups excluding carboxylic acids is 1. The first-order chi connectivity index (χ1) is 15.6. The van der Waals surface area contributed by atoms with Crippen molar-refractivity contribution in [2.75, 3.05) is 32.8 Å². The summed E-state index contributed by atoms with van der Waals surface area (Å²) in [7, 11) is 0. The lowest BCUT2D eigenvalue weighted by Crippen LogP contribution is -2.39. The monoisotopic (exact) mass is 466 g/mol. The van der Waals surface area contributed by atoms with Gasteiger partial charge in [-0.3, -0.25) is 4.79 Å². The van der Waals surface area contributed by atoms with E-state index < -0.39 is 6.36 Å². The number of halogens is 3. The van der Waals surface area contributed by atoms with Crippen molar-refractivity contribution < 1.29 is 27.4 Å². The van der Waals surface area contributed by atoms with Crippen molar-refractivity contribution in [3.63, 3.8) is 0 Å². The molecule has 10 heteroatoms. The van der Waals surface area contributed by atoms with Crippen LogP contribution in [0.3, 0.4) is 0 Å². The third-order valence-corrected chi connectivity index (χ3v) is 6.70. The van der Waals surface area contributed by atoms with Gasteiger partial charge in [-0.1, -0.05) is 6.58 Å². The van der Waals surface area contributed by atoms with E-state index in [2.05, 4.69) is 16.2 Å². The molecule has 1 aromatic carbocycles. The van der Waals surface area contributed by atoms with Crippen LogP contribution < -0.4 is 20.9 Å². The number of alkyl halides is 3. The molecule has 4 rings (SSSR count). The van der Waals surface area contributed by atoms with E-state index in [1.54, 1.807) is 0 Å². The molecule has 7 nitrogen and oxygen atoms in total. The quantitative estimate of drug-likeness (QED) is 0.670. The van der Waals surface area contributed by atoms with Gasteiger partial charge in [0.15, 0.2) is 0 Å². The average molecular weight is 467 g/mol. The fourth-order valence-corrected chi connectivity index (χ4v) is 4.88. The van der Waals surface area contributed by atoms with E-state index in [1.807, 2.05) is 4.90 Å². The molecule has 0 spiro atoms. The number of rotatable bonds is 6. The van der Waals surface area contributed by atoms with Crippen LogP contribution >= 0.6 is 0 Å². The Morgan fingerprint density at radius 3 is 2.15 bits per heavy atom. The van der Waals surface area contributed by atoms with Crippen molar-refractivity contribution >= 4 is 5.91 Å². The highest BCUT2D eigenvalue weighted by molar-refractivity contribution is 5.79. The van der Waals surface area contributed by atoms with Gasteiger partial charge in [0.05, 0.1) is 0 Å². The minimum absolute atomic E-state index is 0.0801. The molecule has 2 unspecified atom stereocenters. The van der Waals surface area contributed by atoms with Gasteiger partial charge in [-0.25, -0.2) is 0 Å². The van der Waals surface area contributed by atoms with E-state index in [-0.39, 0.29) is 24.2 Å². The summed E-state index contributed by atoms with van der Waals surface area (Å²) in [6, 6.07) is 5.28. The summed E-state index contributed by atoms with van der Waals surface area (Å²) in [6.07, 6.45) is -2.76. The van der Waals surface area contributed by atoms with Gasteiger partial charge in [0.1, 0.15) is 18.1 Å². The van der Waals surface area contributed by atoms with Gasteiger partial charge in [-0.15, -0.1) is 13.2 Å². The van der Waals surface area contributed by atoms with E-state index in [9.17, 15) is 18.0 Å². The van der Waals surface area contributed by atoms with E-state index in [0.717, 1.165) is 38.3 Å². The van der Waals surface area contributed by atoms with Gasteiger partial charge in [-0.2, -0.15) is 0 Å². The summed E-state index contributed by atoms with van der Waals surface area (Å²) < 4.78 is 46.3. The number of ether oxygens (including phenoxy) is 2. The molecule has 1 aromatic rings. The largest absolute Gasteiger partial charge is 0.573 e. The predicted molar refractivity (Wildman–Crippen MR) is 116 cm³/mol. The summed E-state index contributed by atoms with van der Waals surface area (Å²) in [6.45, 7) is 7.39. The van der Waals surface area contributed by atoms with Crippen molar-refractivity contribution in [1.29, 1.82) is 0 Å². The second-order valence-electron chi connectivity index (χ2n) is 9.03. The Bertz CT molecular complexity index is 918. The highest BCUT2D eigenvalue weighted by Gasteiger charge is 2.43. The second-order valence-corrected chi connectivity index (χ2v) is 9.03.